The predicted molar refractivity (Wildman–Crippen MR) is 71.2 cm³/mol. The highest BCUT2D eigenvalue weighted by atomic mass is 16.5. The van der Waals surface area contributed by atoms with Gasteiger partial charge in [-0.3, -0.25) is 0 Å². The number of ether oxygens (including phenoxy) is 2. The second-order valence-corrected chi connectivity index (χ2v) is 4.15. The van der Waals surface area contributed by atoms with Crippen molar-refractivity contribution in [2.45, 2.75) is 32.1 Å². The molecule has 0 spiro atoms. The van der Waals surface area contributed by atoms with Crippen LogP contribution in [0.15, 0.2) is 36.4 Å². The van der Waals surface area contributed by atoms with Crippen molar-refractivity contribution in [1.82, 2.24) is 0 Å². The summed E-state index contributed by atoms with van der Waals surface area (Å²) in [4.78, 5) is 0. The Labute approximate surface area is 105 Å². The van der Waals surface area contributed by atoms with Gasteiger partial charge in [-0.15, -0.1) is 0 Å². The van der Waals surface area contributed by atoms with E-state index in [2.05, 4.69) is 0 Å². The first kappa shape index (κ1) is 14.2. The maximum absolute atomic E-state index is 5.07. The van der Waals surface area contributed by atoms with Crippen molar-refractivity contribution in [3.8, 4) is 0 Å². The molecule has 0 bridgehead atoms. The molecule has 2 aliphatic heterocycles. The van der Waals surface area contributed by atoms with Crippen molar-refractivity contribution in [1.29, 1.82) is 0 Å². The Morgan fingerprint density at radius 1 is 0.412 bits per heavy atom. The Kier molecular flexibility index (Phi) is 9.71. The van der Waals surface area contributed by atoms with E-state index in [1.807, 2.05) is 36.4 Å². The third-order valence-electron chi connectivity index (χ3n) is 2.57. The molecule has 3 rings (SSSR count). The number of hydrogen-bond acceptors (Lipinski definition) is 2. The van der Waals surface area contributed by atoms with E-state index in [0.29, 0.717) is 0 Å². The van der Waals surface area contributed by atoms with Gasteiger partial charge in [0.25, 0.3) is 0 Å². The Morgan fingerprint density at radius 2 is 0.706 bits per heavy atom. The lowest BCUT2D eigenvalue weighted by molar-refractivity contribution is 0.0968. The fourth-order valence-electron chi connectivity index (χ4n) is 1.58. The molecule has 0 amide bonds. The molecule has 2 heterocycles. The molecule has 1 aromatic carbocycles. The zero-order valence-electron chi connectivity index (χ0n) is 10.6. The summed E-state index contributed by atoms with van der Waals surface area (Å²) >= 11 is 0. The van der Waals surface area contributed by atoms with Crippen LogP contribution in [0.25, 0.3) is 0 Å². The lowest BCUT2D eigenvalue weighted by Gasteiger charge is -2.08. The van der Waals surface area contributed by atoms with Crippen molar-refractivity contribution in [3.63, 3.8) is 0 Å². The quantitative estimate of drug-likeness (QED) is 0.684. The molecule has 0 unspecified atom stereocenters. The highest BCUT2D eigenvalue weighted by Crippen LogP contribution is 2.02. The Hall–Kier alpha value is -0.860. The van der Waals surface area contributed by atoms with Crippen molar-refractivity contribution in [3.05, 3.63) is 36.4 Å². The van der Waals surface area contributed by atoms with Crippen LogP contribution in [-0.2, 0) is 9.47 Å². The topological polar surface area (TPSA) is 18.5 Å². The van der Waals surface area contributed by atoms with Gasteiger partial charge in [0, 0.05) is 26.4 Å². The van der Waals surface area contributed by atoms with E-state index in [0.717, 1.165) is 26.4 Å². The minimum absolute atomic E-state index is 1.00. The zero-order chi connectivity index (χ0) is 12.0. The van der Waals surface area contributed by atoms with Crippen molar-refractivity contribution in [2.24, 2.45) is 0 Å². The van der Waals surface area contributed by atoms with Crippen LogP contribution in [0.5, 0.6) is 0 Å². The monoisotopic (exact) mass is 236 g/mol. The highest BCUT2D eigenvalue weighted by Gasteiger charge is 1.95. The van der Waals surface area contributed by atoms with Gasteiger partial charge in [0.2, 0.25) is 0 Å². The summed E-state index contributed by atoms with van der Waals surface area (Å²) in [5.41, 5.74) is 0. The van der Waals surface area contributed by atoms with Crippen LogP contribution < -0.4 is 0 Å². The largest absolute Gasteiger partial charge is 0.381 e. The van der Waals surface area contributed by atoms with Gasteiger partial charge in [-0.1, -0.05) is 36.4 Å². The van der Waals surface area contributed by atoms with Crippen LogP contribution in [0.1, 0.15) is 32.1 Å². The summed E-state index contributed by atoms with van der Waals surface area (Å²) in [6.45, 7) is 4.00. The fraction of sp³-hybridized carbons (Fsp3) is 0.600. The Bertz CT molecular complexity index is 182. The summed E-state index contributed by atoms with van der Waals surface area (Å²) < 4.78 is 10.0. The first-order chi connectivity index (χ1) is 8.50. The fourth-order valence-corrected chi connectivity index (χ4v) is 1.58. The molecular weight excluding hydrogens is 212 g/mol. The molecule has 0 aliphatic carbocycles. The average Bonchev–Trinajstić information content (AvgIpc) is 3.03. The smallest absolute Gasteiger partial charge is 0.0466 e. The van der Waals surface area contributed by atoms with E-state index in [1.165, 1.54) is 32.1 Å². The van der Waals surface area contributed by atoms with Gasteiger partial charge < -0.3 is 9.47 Å². The Morgan fingerprint density at radius 3 is 0.882 bits per heavy atom. The van der Waals surface area contributed by atoms with Crippen LogP contribution in [0.3, 0.4) is 0 Å². The van der Waals surface area contributed by atoms with Crippen LogP contribution in [0.4, 0.5) is 0 Å². The van der Waals surface area contributed by atoms with E-state index in [-0.39, 0.29) is 0 Å². The summed E-state index contributed by atoms with van der Waals surface area (Å²) in [5, 5.41) is 0. The second-order valence-electron chi connectivity index (χ2n) is 4.15. The molecule has 0 atom stereocenters. The van der Waals surface area contributed by atoms with Gasteiger partial charge in [-0.2, -0.15) is 0 Å². The van der Waals surface area contributed by atoms with Gasteiger partial charge in [-0.05, 0) is 32.1 Å². The van der Waals surface area contributed by atoms with E-state index >= 15 is 0 Å². The maximum Gasteiger partial charge on any atom is 0.0466 e. The standard InChI is InChI=1S/C6H6.C5H10O.C4H8O/c2*1-2-4-6-5-3-1;1-2-4-5-3-1/h1-6H;1-5H2;1-4H2. The lowest BCUT2D eigenvalue weighted by Crippen LogP contribution is -2.03. The summed E-state index contributed by atoms with van der Waals surface area (Å²) in [7, 11) is 0. The Balaban J connectivity index is 0.000000128. The molecular formula is C15H24O2. The number of hydrogen-bond donors (Lipinski definition) is 0. The predicted octanol–water partition coefficient (Wildman–Crippen LogP) is 3.67. The molecule has 0 N–H and O–H groups in total. The highest BCUT2D eigenvalue weighted by molar-refractivity contribution is 4.99. The van der Waals surface area contributed by atoms with Crippen LogP contribution >= 0.6 is 0 Å². The van der Waals surface area contributed by atoms with Crippen LogP contribution in [-0.4, -0.2) is 26.4 Å². The van der Waals surface area contributed by atoms with Crippen LogP contribution in [0.2, 0.25) is 0 Å². The summed E-state index contributed by atoms with van der Waals surface area (Å²) in [6, 6.07) is 12.0. The molecule has 2 heteroatoms. The van der Waals surface area contributed by atoms with Gasteiger partial charge in [0.15, 0.2) is 0 Å². The molecule has 2 aliphatic rings. The molecule has 96 valence electrons. The van der Waals surface area contributed by atoms with Gasteiger partial charge in [0.05, 0.1) is 0 Å². The SMILES string of the molecule is C1CCOC1.C1CCOCC1.c1ccccc1. The van der Waals surface area contributed by atoms with Crippen LogP contribution in [0, 0.1) is 0 Å². The molecule has 1 aromatic rings. The van der Waals surface area contributed by atoms with Crippen molar-refractivity contribution < 1.29 is 9.47 Å². The lowest BCUT2D eigenvalue weighted by atomic mass is 10.2. The maximum atomic E-state index is 5.07. The van der Waals surface area contributed by atoms with E-state index in [1.54, 1.807) is 0 Å². The van der Waals surface area contributed by atoms with E-state index in [9.17, 15) is 0 Å². The molecule has 0 radical (unpaired) electrons. The summed E-state index contributed by atoms with van der Waals surface area (Å²) in [6.07, 6.45) is 6.49. The molecule has 2 nitrogen and oxygen atoms in total. The second kappa shape index (κ2) is 11.6. The third kappa shape index (κ3) is 10.0. The molecule has 0 aromatic heterocycles. The number of benzene rings is 1. The van der Waals surface area contributed by atoms with Gasteiger partial charge in [0.1, 0.15) is 0 Å². The van der Waals surface area contributed by atoms with Crippen molar-refractivity contribution in [2.75, 3.05) is 26.4 Å². The molecule has 2 saturated heterocycles. The minimum Gasteiger partial charge on any atom is -0.381 e. The first-order valence-corrected chi connectivity index (χ1v) is 6.65. The third-order valence-corrected chi connectivity index (χ3v) is 2.57. The normalized spacial score (nSPS) is 18.4. The molecule has 2 fully saturated rings. The van der Waals surface area contributed by atoms with Crippen molar-refractivity contribution >= 4 is 0 Å². The van der Waals surface area contributed by atoms with E-state index in [4.69, 9.17) is 9.47 Å². The number of rotatable bonds is 0. The first-order valence-electron chi connectivity index (χ1n) is 6.65. The molecule has 17 heavy (non-hydrogen) atoms. The average molecular weight is 236 g/mol. The minimum atomic E-state index is 1.00. The summed E-state index contributed by atoms with van der Waals surface area (Å²) in [5.74, 6) is 0. The van der Waals surface area contributed by atoms with Gasteiger partial charge >= 0.3 is 0 Å². The molecule has 0 saturated carbocycles. The van der Waals surface area contributed by atoms with Gasteiger partial charge in [-0.25, -0.2) is 0 Å². The zero-order valence-corrected chi connectivity index (χ0v) is 10.6. The van der Waals surface area contributed by atoms with E-state index < -0.39 is 0 Å².